The molecule has 1 aliphatic rings. The Balaban J connectivity index is 2.12. The molecule has 1 fully saturated rings. The average molecular weight is 214 g/mol. The van der Waals surface area contributed by atoms with Crippen molar-refractivity contribution >= 4 is 0 Å². The van der Waals surface area contributed by atoms with Crippen LogP contribution < -0.4 is 5.32 Å². The maximum Gasteiger partial charge on any atom is 0.0549 e. The highest BCUT2D eigenvalue weighted by molar-refractivity contribution is 4.81. The molecule has 3 atom stereocenters. The van der Waals surface area contributed by atoms with Crippen LogP contribution in [0.25, 0.3) is 0 Å². The zero-order valence-corrected chi connectivity index (χ0v) is 10.4. The van der Waals surface area contributed by atoms with Crippen molar-refractivity contribution in [1.82, 2.24) is 10.2 Å². The zero-order chi connectivity index (χ0) is 11.3. The molecule has 0 radical (unpaired) electrons. The van der Waals surface area contributed by atoms with Crippen LogP contribution in [0.15, 0.2) is 0 Å². The molecule has 3 heteroatoms. The second kappa shape index (κ2) is 6.46. The van der Waals surface area contributed by atoms with E-state index < -0.39 is 0 Å². The van der Waals surface area contributed by atoms with Gasteiger partial charge in [0.15, 0.2) is 0 Å². The Kier molecular flexibility index (Phi) is 5.58. The highest BCUT2D eigenvalue weighted by Gasteiger charge is 2.21. The molecule has 1 saturated heterocycles. The Morgan fingerprint density at radius 3 is 2.87 bits per heavy atom. The van der Waals surface area contributed by atoms with Crippen LogP contribution in [0.1, 0.15) is 39.5 Å². The average Bonchev–Trinajstić information content (AvgIpc) is 2.23. The third kappa shape index (κ3) is 4.49. The van der Waals surface area contributed by atoms with Gasteiger partial charge in [-0.2, -0.15) is 0 Å². The van der Waals surface area contributed by atoms with Crippen LogP contribution in [0.5, 0.6) is 0 Å². The van der Waals surface area contributed by atoms with Gasteiger partial charge in [0.25, 0.3) is 0 Å². The molecule has 0 spiro atoms. The van der Waals surface area contributed by atoms with Gasteiger partial charge in [-0.15, -0.1) is 0 Å². The summed E-state index contributed by atoms with van der Waals surface area (Å²) in [4.78, 5) is 2.42. The summed E-state index contributed by atoms with van der Waals surface area (Å²) in [6.45, 7) is 6.46. The van der Waals surface area contributed by atoms with Crippen molar-refractivity contribution in [3.05, 3.63) is 0 Å². The van der Waals surface area contributed by atoms with Crippen molar-refractivity contribution in [1.29, 1.82) is 0 Å². The van der Waals surface area contributed by atoms with Gasteiger partial charge in [-0.1, -0.05) is 6.92 Å². The molecule has 1 aliphatic heterocycles. The van der Waals surface area contributed by atoms with E-state index >= 15 is 0 Å². The Hall–Kier alpha value is -0.120. The van der Waals surface area contributed by atoms with Gasteiger partial charge in [-0.25, -0.2) is 0 Å². The number of nitrogens with zero attached hydrogens (tertiary/aromatic N) is 1. The first-order valence-corrected chi connectivity index (χ1v) is 6.25. The minimum absolute atomic E-state index is 0.124. The second-order valence-electron chi connectivity index (χ2n) is 4.86. The van der Waals surface area contributed by atoms with E-state index in [1.54, 1.807) is 0 Å². The molecule has 0 aromatic carbocycles. The lowest BCUT2D eigenvalue weighted by Crippen LogP contribution is -2.46. The summed E-state index contributed by atoms with van der Waals surface area (Å²) >= 11 is 0. The van der Waals surface area contributed by atoms with Crippen molar-refractivity contribution in [2.24, 2.45) is 0 Å². The molecule has 0 bridgehead atoms. The van der Waals surface area contributed by atoms with Gasteiger partial charge in [-0.05, 0) is 52.7 Å². The molecule has 3 unspecified atom stereocenters. The van der Waals surface area contributed by atoms with E-state index in [2.05, 4.69) is 24.2 Å². The first-order valence-electron chi connectivity index (χ1n) is 6.25. The van der Waals surface area contributed by atoms with Gasteiger partial charge in [-0.3, -0.25) is 0 Å². The first-order chi connectivity index (χ1) is 7.13. The molecule has 1 rings (SSSR count). The van der Waals surface area contributed by atoms with Crippen LogP contribution in [-0.4, -0.2) is 48.3 Å². The van der Waals surface area contributed by atoms with Crippen LogP contribution in [0.3, 0.4) is 0 Å². The van der Waals surface area contributed by atoms with Crippen molar-refractivity contribution in [3.8, 4) is 0 Å². The van der Waals surface area contributed by atoms with Crippen molar-refractivity contribution in [3.63, 3.8) is 0 Å². The number of hydrogen-bond acceptors (Lipinski definition) is 3. The van der Waals surface area contributed by atoms with E-state index in [0.29, 0.717) is 12.1 Å². The van der Waals surface area contributed by atoms with Crippen LogP contribution >= 0.6 is 0 Å². The van der Waals surface area contributed by atoms with E-state index in [4.69, 9.17) is 0 Å². The van der Waals surface area contributed by atoms with Crippen LogP contribution in [0, 0.1) is 0 Å². The Labute approximate surface area is 93.9 Å². The highest BCUT2D eigenvalue weighted by Crippen LogP contribution is 2.15. The minimum Gasteiger partial charge on any atom is -0.393 e. The second-order valence-corrected chi connectivity index (χ2v) is 4.86. The molecule has 0 aromatic rings. The van der Waals surface area contributed by atoms with Gasteiger partial charge in [0.2, 0.25) is 0 Å². The number of piperidine rings is 1. The van der Waals surface area contributed by atoms with Crippen LogP contribution in [0.4, 0.5) is 0 Å². The lowest BCUT2D eigenvalue weighted by molar-refractivity contribution is 0.146. The van der Waals surface area contributed by atoms with Gasteiger partial charge >= 0.3 is 0 Å². The van der Waals surface area contributed by atoms with Crippen molar-refractivity contribution in [2.45, 2.75) is 57.7 Å². The smallest absolute Gasteiger partial charge is 0.0549 e. The minimum atomic E-state index is -0.124. The van der Waals surface area contributed by atoms with E-state index in [1.165, 1.54) is 19.4 Å². The molecule has 2 N–H and O–H groups in total. The fourth-order valence-electron chi connectivity index (χ4n) is 2.13. The number of rotatable bonds is 5. The lowest BCUT2D eigenvalue weighted by atomic mass is 9.99. The molecule has 0 aromatic heterocycles. The molecule has 15 heavy (non-hydrogen) atoms. The fraction of sp³-hybridized carbons (Fsp3) is 1.00. The molecule has 0 saturated carbocycles. The molecule has 0 amide bonds. The van der Waals surface area contributed by atoms with Crippen LogP contribution in [-0.2, 0) is 0 Å². The Morgan fingerprint density at radius 2 is 2.27 bits per heavy atom. The van der Waals surface area contributed by atoms with Crippen LogP contribution in [0.2, 0.25) is 0 Å². The van der Waals surface area contributed by atoms with Gasteiger partial charge in [0.05, 0.1) is 6.10 Å². The summed E-state index contributed by atoms with van der Waals surface area (Å²) in [6, 6.07) is 1.34. The first kappa shape index (κ1) is 12.9. The van der Waals surface area contributed by atoms with Crippen molar-refractivity contribution in [2.75, 3.05) is 20.1 Å². The fourth-order valence-corrected chi connectivity index (χ4v) is 2.13. The topological polar surface area (TPSA) is 35.5 Å². The third-order valence-electron chi connectivity index (χ3n) is 3.59. The van der Waals surface area contributed by atoms with E-state index in [9.17, 15) is 5.11 Å². The predicted molar refractivity (Wildman–Crippen MR) is 64.0 cm³/mol. The summed E-state index contributed by atoms with van der Waals surface area (Å²) in [6.07, 6.45) is 4.10. The summed E-state index contributed by atoms with van der Waals surface area (Å²) in [5.74, 6) is 0. The molecular weight excluding hydrogens is 188 g/mol. The van der Waals surface area contributed by atoms with E-state index in [1.807, 2.05) is 6.92 Å². The Bertz CT molecular complexity index is 175. The molecular formula is C12H26N2O. The van der Waals surface area contributed by atoms with Gasteiger partial charge in [0.1, 0.15) is 0 Å². The lowest BCUT2D eigenvalue weighted by Gasteiger charge is -2.35. The van der Waals surface area contributed by atoms with E-state index in [0.717, 1.165) is 19.4 Å². The number of nitrogens with one attached hydrogen (secondary N) is 1. The highest BCUT2D eigenvalue weighted by atomic mass is 16.3. The predicted octanol–water partition coefficient (Wildman–Crippen LogP) is 1.22. The van der Waals surface area contributed by atoms with E-state index in [-0.39, 0.29) is 6.10 Å². The molecule has 3 nitrogen and oxygen atoms in total. The quantitative estimate of drug-likeness (QED) is 0.722. The number of likely N-dealkylation sites (tertiary alicyclic amines) is 1. The normalized spacial score (nSPS) is 30.4. The maximum atomic E-state index is 9.43. The summed E-state index contributed by atoms with van der Waals surface area (Å²) in [5, 5.41) is 13.0. The molecule has 0 aliphatic carbocycles. The summed E-state index contributed by atoms with van der Waals surface area (Å²) in [5.41, 5.74) is 0. The maximum absolute atomic E-state index is 9.43. The van der Waals surface area contributed by atoms with Gasteiger partial charge in [0, 0.05) is 12.1 Å². The standard InChI is InChI=1S/C12H26N2O/c1-4-12(15)5-7-13-11-6-8-14(3)10(2)9-11/h10-13,15H,4-9H2,1-3H3. The monoisotopic (exact) mass is 214 g/mol. The Morgan fingerprint density at radius 1 is 1.53 bits per heavy atom. The SMILES string of the molecule is CCC(O)CCNC1CCN(C)C(C)C1. The third-order valence-corrected chi connectivity index (χ3v) is 3.59. The zero-order valence-electron chi connectivity index (χ0n) is 10.4. The van der Waals surface area contributed by atoms with Crippen molar-refractivity contribution < 1.29 is 5.11 Å². The largest absolute Gasteiger partial charge is 0.393 e. The molecule has 1 heterocycles. The number of aliphatic hydroxyl groups is 1. The molecule has 90 valence electrons. The summed E-state index contributed by atoms with van der Waals surface area (Å²) < 4.78 is 0. The summed E-state index contributed by atoms with van der Waals surface area (Å²) in [7, 11) is 2.20. The number of hydrogen-bond donors (Lipinski definition) is 2. The number of aliphatic hydroxyl groups excluding tert-OH is 1. The van der Waals surface area contributed by atoms with Gasteiger partial charge < -0.3 is 15.3 Å².